The van der Waals surface area contributed by atoms with Gasteiger partial charge in [0.2, 0.25) is 10.0 Å². The van der Waals surface area contributed by atoms with E-state index in [2.05, 4.69) is 4.72 Å². The lowest BCUT2D eigenvalue weighted by atomic mass is 10.2. The van der Waals surface area contributed by atoms with Gasteiger partial charge in [-0.15, -0.1) is 0 Å². The van der Waals surface area contributed by atoms with E-state index in [1.54, 1.807) is 0 Å². The molecule has 0 unspecified atom stereocenters. The van der Waals surface area contributed by atoms with Crippen LogP contribution in [0.4, 0.5) is 4.39 Å². The lowest BCUT2D eigenvalue weighted by Crippen LogP contribution is -2.25. The maximum Gasteiger partial charge on any atom is 0.225 e. The van der Waals surface area contributed by atoms with Crippen LogP contribution in [0.15, 0.2) is 18.2 Å². The Hall–Kier alpha value is -1.16. The topological polar surface area (TPSA) is 70.0 Å². The van der Waals surface area contributed by atoms with E-state index in [-0.39, 0.29) is 11.6 Å². The van der Waals surface area contributed by atoms with Crippen LogP contribution in [0, 0.1) is 17.1 Å². The predicted molar refractivity (Wildman–Crippen MR) is 57.6 cm³/mol. The molecular formula is C9H8ClFN2O2S. The number of nitrogens with zero attached hydrogens (tertiary/aromatic N) is 1. The first-order valence-corrected chi connectivity index (χ1v) is 6.26. The van der Waals surface area contributed by atoms with Gasteiger partial charge in [-0.2, -0.15) is 5.26 Å². The Balaban J connectivity index is 2.69. The monoisotopic (exact) mass is 262 g/mol. The first kappa shape index (κ1) is 12.9. The Morgan fingerprint density at radius 1 is 1.50 bits per heavy atom. The molecule has 0 atom stereocenters. The maximum atomic E-state index is 12.8. The number of nitriles is 1. The average Bonchev–Trinajstić information content (AvgIpc) is 2.20. The second kappa shape index (κ2) is 5.25. The summed E-state index contributed by atoms with van der Waals surface area (Å²) in [5.74, 6) is -1.17. The lowest BCUT2D eigenvalue weighted by molar-refractivity contribution is 0.584. The summed E-state index contributed by atoms with van der Waals surface area (Å²) in [6.45, 7) is -0.0238. The number of sulfonamides is 1. The number of benzene rings is 1. The van der Waals surface area contributed by atoms with E-state index in [4.69, 9.17) is 16.9 Å². The van der Waals surface area contributed by atoms with Crippen molar-refractivity contribution < 1.29 is 12.8 Å². The Kier molecular flexibility index (Phi) is 4.24. The third kappa shape index (κ3) is 3.77. The van der Waals surface area contributed by atoms with Gasteiger partial charge in [0.05, 0.1) is 11.1 Å². The van der Waals surface area contributed by atoms with Gasteiger partial charge in [-0.3, -0.25) is 0 Å². The molecule has 0 aliphatic rings. The molecule has 16 heavy (non-hydrogen) atoms. The van der Waals surface area contributed by atoms with Crippen molar-refractivity contribution in [1.29, 1.82) is 5.26 Å². The standard InChI is InChI=1S/C9H8ClFN2O2S/c10-8-5-7(1-2-9(8)11)6-13-16(14,15)4-3-12/h1-2,5,13H,4,6H2. The van der Waals surface area contributed by atoms with E-state index in [1.165, 1.54) is 18.2 Å². The van der Waals surface area contributed by atoms with Crippen LogP contribution in [0.1, 0.15) is 5.56 Å². The molecule has 0 saturated carbocycles. The molecule has 1 N–H and O–H groups in total. The normalized spacial score (nSPS) is 11.1. The molecule has 1 aromatic carbocycles. The van der Waals surface area contributed by atoms with Gasteiger partial charge >= 0.3 is 0 Å². The average molecular weight is 263 g/mol. The van der Waals surface area contributed by atoms with Gasteiger partial charge in [-0.25, -0.2) is 17.5 Å². The molecule has 7 heteroatoms. The molecule has 0 aliphatic heterocycles. The van der Waals surface area contributed by atoms with Crippen LogP contribution in [0.25, 0.3) is 0 Å². The van der Waals surface area contributed by atoms with E-state index in [0.29, 0.717) is 5.56 Å². The minimum absolute atomic E-state index is 0.0238. The lowest BCUT2D eigenvalue weighted by Gasteiger charge is -2.04. The number of halogens is 2. The Morgan fingerprint density at radius 2 is 2.19 bits per heavy atom. The fourth-order valence-corrected chi connectivity index (χ4v) is 1.84. The van der Waals surface area contributed by atoms with Crippen molar-refractivity contribution in [2.24, 2.45) is 0 Å². The highest BCUT2D eigenvalue weighted by Crippen LogP contribution is 2.15. The molecule has 0 radical (unpaired) electrons. The van der Waals surface area contributed by atoms with Crippen molar-refractivity contribution >= 4 is 21.6 Å². The van der Waals surface area contributed by atoms with Crippen molar-refractivity contribution in [2.45, 2.75) is 6.54 Å². The van der Waals surface area contributed by atoms with Crippen LogP contribution >= 0.6 is 11.6 Å². The van der Waals surface area contributed by atoms with Crippen LogP contribution in [0.5, 0.6) is 0 Å². The molecule has 0 bridgehead atoms. The third-order valence-corrected chi connectivity index (χ3v) is 3.12. The zero-order valence-electron chi connectivity index (χ0n) is 8.07. The molecule has 1 rings (SSSR count). The van der Waals surface area contributed by atoms with Crippen molar-refractivity contribution in [3.63, 3.8) is 0 Å². The summed E-state index contributed by atoms with van der Waals surface area (Å²) < 4.78 is 37.2. The third-order valence-electron chi connectivity index (χ3n) is 1.73. The van der Waals surface area contributed by atoms with E-state index >= 15 is 0 Å². The van der Waals surface area contributed by atoms with Crippen LogP contribution in [-0.4, -0.2) is 14.2 Å². The van der Waals surface area contributed by atoms with Crippen LogP contribution in [0.3, 0.4) is 0 Å². The fourth-order valence-electron chi connectivity index (χ4n) is 0.979. The molecule has 0 aromatic heterocycles. The highest BCUT2D eigenvalue weighted by atomic mass is 35.5. The molecule has 0 amide bonds. The summed E-state index contributed by atoms with van der Waals surface area (Å²) in [7, 11) is -3.60. The summed E-state index contributed by atoms with van der Waals surface area (Å²) in [6.07, 6.45) is 0. The summed E-state index contributed by atoms with van der Waals surface area (Å²) in [5, 5.41) is 8.17. The van der Waals surface area contributed by atoms with E-state index in [1.807, 2.05) is 0 Å². The molecule has 0 aliphatic carbocycles. The molecule has 0 saturated heterocycles. The summed E-state index contributed by atoms with van der Waals surface area (Å²) in [5.41, 5.74) is 0.521. The molecule has 86 valence electrons. The SMILES string of the molecule is N#CCS(=O)(=O)NCc1ccc(F)c(Cl)c1. The predicted octanol–water partition coefficient (Wildman–Crippen LogP) is 1.42. The van der Waals surface area contributed by atoms with Crippen LogP contribution in [-0.2, 0) is 16.6 Å². The molecule has 4 nitrogen and oxygen atoms in total. The zero-order chi connectivity index (χ0) is 12.2. The van der Waals surface area contributed by atoms with Crippen LogP contribution in [0.2, 0.25) is 5.02 Å². The van der Waals surface area contributed by atoms with Gasteiger partial charge in [-0.1, -0.05) is 17.7 Å². The van der Waals surface area contributed by atoms with Gasteiger partial charge in [0.15, 0.2) is 5.75 Å². The minimum atomic E-state index is -3.60. The number of nitrogens with one attached hydrogen (secondary N) is 1. The van der Waals surface area contributed by atoms with Crippen molar-refractivity contribution in [3.05, 3.63) is 34.6 Å². The molecular weight excluding hydrogens is 255 g/mol. The van der Waals surface area contributed by atoms with E-state index in [0.717, 1.165) is 6.07 Å². The van der Waals surface area contributed by atoms with Crippen molar-refractivity contribution in [3.8, 4) is 6.07 Å². The summed E-state index contributed by atoms with van der Waals surface area (Å²) in [6, 6.07) is 5.42. The van der Waals surface area contributed by atoms with Crippen molar-refractivity contribution in [1.82, 2.24) is 4.72 Å². The van der Waals surface area contributed by atoms with Gasteiger partial charge in [0.25, 0.3) is 0 Å². The first-order valence-electron chi connectivity index (χ1n) is 4.23. The zero-order valence-corrected chi connectivity index (χ0v) is 9.65. The summed E-state index contributed by atoms with van der Waals surface area (Å²) >= 11 is 5.52. The first-order chi connectivity index (χ1) is 7.44. The Morgan fingerprint density at radius 3 is 2.75 bits per heavy atom. The van der Waals surface area contributed by atoms with E-state index in [9.17, 15) is 12.8 Å². The Labute approximate surface area is 97.7 Å². The number of hydrogen-bond donors (Lipinski definition) is 1. The minimum Gasteiger partial charge on any atom is -0.211 e. The van der Waals surface area contributed by atoms with Crippen LogP contribution < -0.4 is 4.72 Å². The largest absolute Gasteiger partial charge is 0.225 e. The molecule has 0 spiro atoms. The van der Waals surface area contributed by atoms with E-state index < -0.39 is 21.6 Å². The second-order valence-electron chi connectivity index (χ2n) is 2.99. The molecule has 0 fully saturated rings. The van der Waals surface area contributed by atoms with Gasteiger partial charge < -0.3 is 0 Å². The highest BCUT2D eigenvalue weighted by molar-refractivity contribution is 7.89. The Bertz CT molecular complexity index is 525. The number of rotatable bonds is 4. The summed E-state index contributed by atoms with van der Waals surface area (Å²) in [4.78, 5) is 0. The van der Waals surface area contributed by atoms with Gasteiger partial charge in [0, 0.05) is 6.54 Å². The van der Waals surface area contributed by atoms with Gasteiger partial charge in [0.1, 0.15) is 5.82 Å². The highest BCUT2D eigenvalue weighted by Gasteiger charge is 2.09. The maximum absolute atomic E-state index is 12.8. The number of hydrogen-bond acceptors (Lipinski definition) is 3. The fraction of sp³-hybridized carbons (Fsp3) is 0.222. The van der Waals surface area contributed by atoms with Gasteiger partial charge in [-0.05, 0) is 17.7 Å². The van der Waals surface area contributed by atoms with Crippen molar-refractivity contribution in [2.75, 3.05) is 5.75 Å². The smallest absolute Gasteiger partial charge is 0.211 e. The second-order valence-corrected chi connectivity index (χ2v) is 5.20. The quantitative estimate of drug-likeness (QED) is 0.892. The molecule has 1 aromatic rings. The molecule has 0 heterocycles.